The van der Waals surface area contributed by atoms with Gasteiger partial charge in [0.25, 0.3) is 5.91 Å². The number of hydrogen-bond donors (Lipinski definition) is 1. The maximum Gasteiger partial charge on any atom is 0.255 e. The van der Waals surface area contributed by atoms with Crippen molar-refractivity contribution in [2.75, 3.05) is 27.7 Å². The first-order valence-corrected chi connectivity index (χ1v) is 8.71. The van der Waals surface area contributed by atoms with E-state index in [2.05, 4.69) is 10.2 Å². The van der Waals surface area contributed by atoms with Crippen LogP contribution in [0.2, 0.25) is 10.0 Å². The second-order valence-corrected chi connectivity index (χ2v) is 6.89. The molecule has 1 atom stereocenters. The van der Waals surface area contributed by atoms with Crippen molar-refractivity contribution in [3.63, 3.8) is 0 Å². The van der Waals surface area contributed by atoms with Crippen molar-refractivity contribution in [3.05, 3.63) is 63.6 Å². The predicted octanol–water partition coefficient (Wildman–Crippen LogP) is 4.42. The van der Waals surface area contributed by atoms with Crippen molar-refractivity contribution in [3.8, 4) is 5.75 Å². The molecule has 25 heavy (non-hydrogen) atoms. The van der Waals surface area contributed by atoms with Gasteiger partial charge in [-0.25, -0.2) is 0 Å². The van der Waals surface area contributed by atoms with E-state index in [4.69, 9.17) is 27.9 Å². The van der Waals surface area contributed by atoms with E-state index in [0.29, 0.717) is 21.4 Å². The van der Waals surface area contributed by atoms with Crippen LogP contribution in [0.25, 0.3) is 0 Å². The number of carbonyl (C=O) groups is 1. The summed E-state index contributed by atoms with van der Waals surface area (Å²) >= 11 is 12.0. The summed E-state index contributed by atoms with van der Waals surface area (Å²) in [6.45, 7) is 0.834. The Morgan fingerprint density at radius 3 is 2.36 bits per heavy atom. The number of methoxy groups -OCH3 is 1. The van der Waals surface area contributed by atoms with Crippen LogP contribution in [0.15, 0.2) is 42.5 Å². The van der Waals surface area contributed by atoms with Crippen LogP contribution in [0.5, 0.6) is 5.75 Å². The maximum absolute atomic E-state index is 12.8. The van der Waals surface area contributed by atoms with Crippen molar-refractivity contribution < 1.29 is 9.53 Å². The number of halogens is 2. The van der Waals surface area contributed by atoms with Crippen LogP contribution in [-0.4, -0.2) is 38.6 Å². The molecule has 1 unspecified atom stereocenters. The van der Waals surface area contributed by atoms with Gasteiger partial charge in [0, 0.05) is 10.0 Å². The van der Waals surface area contributed by atoms with E-state index in [9.17, 15) is 4.79 Å². The van der Waals surface area contributed by atoms with E-state index in [0.717, 1.165) is 18.5 Å². The molecule has 0 bridgehead atoms. The smallest absolute Gasteiger partial charge is 0.255 e. The molecule has 2 aromatic carbocycles. The van der Waals surface area contributed by atoms with Crippen molar-refractivity contribution in [2.24, 2.45) is 0 Å². The molecule has 6 heteroatoms. The minimum atomic E-state index is -0.224. The first-order chi connectivity index (χ1) is 11.9. The third-order valence-electron chi connectivity index (χ3n) is 3.85. The molecule has 0 aliphatic heterocycles. The largest absolute Gasteiger partial charge is 0.496 e. The van der Waals surface area contributed by atoms with Crippen LogP contribution in [0, 0.1) is 0 Å². The highest BCUT2D eigenvalue weighted by Crippen LogP contribution is 2.25. The summed E-state index contributed by atoms with van der Waals surface area (Å²) in [4.78, 5) is 14.9. The Labute approximate surface area is 158 Å². The first kappa shape index (κ1) is 19.6. The molecule has 2 aromatic rings. The summed E-state index contributed by atoms with van der Waals surface area (Å²) in [6, 6.07) is 12.4. The van der Waals surface area contributed by atoms with Gasteiger partial charge in [-0.3, -0.25) is 4.79 Å². The molecule has 0 aliphatic carbocycles. The van der Waals surface area contributed by atoms with E-state index in [-0.39, 0.29) is 11.9 Å². The van der Waals surface area contributed by atoms with Crippen molar-refractivity contribution >= 4 is 29.1 Å². The Bertz CT molecular complexity index is 718. The molecule has 0 spiro atoms. The molecule has 4 nitrogen and oxygen atoms in total. The van der Waals surface area contributed by atoms with Crippen molar-refractivity contribution in [1.29, 1.82) is 0 Å². The summed E-state index contributed by atoms with van der Waals surface area (Å²) in [5.41, 5.74) is 1.42. The van der Waals surface area contributed by atoms with Crippen LogP contribution in [0.3, 0.4) is 0 Å². The Hall–Kier alpha value is -1.75. The van der Waals surface area contributed by atoms with E-state index in [1.807, 2.05) is 38.4 Å². The topological polar surface area (TPSA) is 41.6 Å². The zero-order valence-electron chi connectivity index (χ0n) is 14.6. The van der Waals surface area contributed by atoms with Gasteiger partial charge in [0.2, 0.25) is 0 Å². The van der Waals surface area contributed by atoms with Crippen LogP contribution >= 0.6 is 23.2 Å². The summed E-state index contributed by atoms with van der Waals surface area (Å²) in [6.07, 6.45) is 0.767. The van der Waals surface area contributed by atoms with E-state index in [1.165, 1.54) is 7.11 Å². The Balaban J connectivity index is 2.24. The van der Waals surface area contributed by atoms with Gasteiger partial charge in [-0.05, 0) is 63.0 Å². The highest BCUT2D eigenvalue weighted by atomic mass is 35.5. The summed E-state index contributed by atoms with van der Waals surface area (Å²) < 4.78 is 5.28. The zero-order chi connectivity index (χ0) is 18.4. The quantitative estimate of drug-likeness (QED) is 0.772. The molecular formula is C19H22Cl2N2O2. The van der Waals surface area contributed by atoms with Crippen molar-refractivity contribution in [2.45, 2.75) is 12.5 Å². The number of benzene rings is 2. The minimum absolute atomic E-state index is 0.143. The molecule has 0 saturated carbocycles. The lowest BCUT2D eigenvalue weighted by Gasteiger charge is -2.22. The van der Waals surface area contributed by atoms with Gasteiger partial charge in [0.15, 0.2) is 0 Å². The SMILES string of the molecule is COc1ccc(Cl)cc1C(=O)NC(CCN(C)C)c1ccc(Cl)cc1. The summed E-state index contributed by atoms with van der Waals surface area (Å²) in [5, 5.41) is 4.23. The number of hydrogen-bond acceptors (Lipinski definition) is 3. The number of nitrogens with one attached hydrogen (secondary N) is 1. The lowest BCUT2D eigenvalue weighted by Crippen LogP contribution is -2.31. The summed E-state index contributed by atoms with van der Waals surface area (Å²) in [5.74, 6) is 0.266. The van der Waals surface area contributed by atoms with Crippen LogP contribution in [0.1, 0.15) is 28.4 Å². The number of nitrogens with zero attached hydrogens (tertiary/aromatic N) is 1. The second kappa shape index (κ2) is 9.09. The number of rotatable bonds is 7. The highest BCUT2D eigenvalue weighted by molar-refractivity contribution is 6.31. The molecule has 0 radical (unpaired) electrons. The molecule has 0 aliphatic rings. The Morgan fingerprint density at radius 1 is 1.12 bits per heavy atom. The average molecular weight is 381 g/mol. The van der Waals surface area contributed by atoms with Gasteiger partial charge < -0.3 is 15.0 Å². The van der Waals surface area contributed by atoms with Crippen LogP contribution in [-0.2, 0) is 0 Å². The van der Waals surface area contributed by atoms with Crippen LogP contribution in [0.4, 0.5) is 0 Å². The Kier molecular flexibility index (Phi) is 7.12. The molecule has 0 saturated heterocycles. The molecule has 1 amide bonds. The first-order valence-electron chi connectivity index (χ1n) is 7.95. The fourth-order valence-corrected chi connectivity index (χ4v) is 2.80. The average Bonchev–Trinajstić information content (AvgIpc) is 2.59. The monoisotopic (exact) mass is 380 g/mol. The fourth-order valence-electron chi connectivity index (χ4n) is 2.50. The standard InChI is InChI=1S/C19H22Cl2N2O2/c1-23(2)11-10-17(13-4-6-14(20)7-5-13)22-19(24)16-12-15(21)8-9-18(16)25-3/h4-9,12,17H,10-11H2,1-3H3,(H,22,24). The van der Waals surface area contributed by atoms with Gasteiger partial charge in [-0.1, -0.05) is 35.3 Å². The number of carbonyl (C=O) groups excluding carboxylic acids is 1. The molecule has 0 heterocycles. The van der Waals surface area contributed by atoms with E-state index >= 15 is 0 Å². The van der Waals surface area contributed by atoms with Gasteiger partial charge in [0.05, 0.1) is 18.7 Å². The maximum atomic E-state index is 12.8. The van der Waals surface area contributed by atoms with Gasteiger partial charge >= 0.3 is 0 Å². The van der Waals surface area contributed by atoms with E-state index in [1.54, 1.807) is 18.2 Å². The lowest BCUT2D eigenvalue weighted by atomic mass is 10.0. The third-order valence-corrected chi connectivity index (χ3v) is 4.34. The normalized spacial score (nSPS) is 12.1. The molecule has 1 N–H and O–H groups in total. The van der Waals surface area contributed by atoms with Crippen LogP contribution < -0.4 is 10.1 Å². The third kappa shape index (κ3) is 5.63. The van der Waals surface area contributed by atoms with E-state index < -0.39 is 0 Å². The lowest BCUT2D eigenvalue weighted by molar-refractivity contribution is 0.0929. The van der Waals surface area contributed by atoms with Gasteiger partial charge in [-0.2, -0.15) is 0 Å². The predicted molar refractivity (Wildman–Crippen MR) is 103 cm³/mol. The molecule has 134 valence electrons. The van der Waals surface area contributed by atoms with Crippen molar-refractivity contribution in [1.82, 2.24) is 10.2 Å². The minimum Gasteiger partial charge on any atom is -0.496 e. The number of ether oxygens (including phenoxy) is 1. The molecule has 2 rings (SSSR count). The fraction of sp³-hybridized carbons (Fsp3) is 0.316. The second-order valence-electron chi connectivity index (χ2n) is 6.01. The zero-order valence-corrected chi connectivity index (χ0v) is 16.1. The number of amides is 1. The van der Waals surface area contributed by atoms with Gasteiger partial charge in [0.1, 0.15) is 5.75 Å². The Morgan fingerprint density at radius 2 is 1.76 bits per heavy atom. The molecular weight excluding hydrogens is 359 g/mol. The molecule has 0 aromatic heterocycles. The highest BCUT2D eigenvalue weighted by Gasteiger charge is 2.19. The summed E-state index contributed by atoms with van der Waals surface area (Å²) in [7, 11) is 5.53. The van der Waals surface area contributed by atoms with Gasteiger partial charge in [-0.15, -0.1) is 0 Å². The molecule has 0 fully saturated rings.